The van der Waals surface area contributed by atoms with Crippen LogP contribution in [0.4, 0.5) is 4.39 Å². The van der Waals surface area contributed by atoms with Crippen LogP contribution in [0.1, 0.15) is 0 Å². The van der Waals surface area contributed by atoms with E-state index in [4.69, 9.17) is 4.74 Å². The van der Waals surface area contributed by atoms with E-state index in [1.165, 1.54) is 10.7 Å². The molecule has 0 spiro atoms. The van der Waals surface area contributed by atoms with Crippen molar-refractivity contribution in [2.45, 2.75) is 0 Å². The van der Waals surface area contributed by atoms with E-state index in [9.17, 15) is 4.39 Å². The van der Waals surface area contributed by atoms with Gasteiger partial charge in [-0.05, 0) is 30.3 Å². The van der Waals surface area contributed by atoms with Crippen LogP contribution in [0.15, 0.2) is 60.8 Å². The van der Waals surface area contributed by atoms with E-state index in [1.54, 1.807) is 31.5 Å². The number of rotatable bonds is 3. The monoisotopic (exact) mass is 268 g/mol. The summed E-state index contributed by atoms with van der Waals surface area (Å²) in [5.74, 6) is 0.438. The van der Waals surface area contributed by atoms with Crippen LogP contribution in [0.2, 0.25) is 0 Å². The summed E-state index contributed by atoms with van der Waals surface area (Å²) < 4.78 is 20.6. The average molecular weight is 268 g/mol. The highest BCUT2D eigenvalue weighted by atomic mass is 19.1. The third-order valence-electron chi connectivity index (χ3n) is 3.07. The van der Waals surface area contributed by atoms with Crippen molar-refractivity contribution in [3.8, 4) is 22.7 Å². The molecule has 0 aliphatic carbocycles. The Balaban J connectivity index is 2.05. The molecule has 3 aromatic rings. The molecule has 0 fully saturated rings. The van der Waals surface area contributed by atoms with Gasteiger partial charge in [0.1, 0.15) is 17.3 Å². The molecule has 100 valence electrons. The van der Waals surface area contributed by atoms with Crippen LogP contribution in [0.5, 0.6) is 5.75 Å². The smallest absolute Gasteiger partial charge is 0.148 e. The van der Waals surface area contributed by atoms with Crippen LogP contribution in [0, 0.1) is 5.82 Å². The summed E-state index contributed by atoms with van der Waals surface area (Å²) in [6.07, 6.45) is 1.74. The molecule has 0 N–H and O–H groups in total. The maximum atomic E-state index is 13.7. The number of benzene rings is 2. The number of hydrogen-bond acceptors (Lipinski definition) is 2. The van der Waals surface area contributed by atoms with Crippen molar-refractivity contribution < 1.29 is 9.13 Å². The lowest BCUT2D eigenvalue weighted by molar-refractivity contribution is 0.416. The summed E-state index contributed by atoms with van der Waals surface area (Å²) in [5.41, 5.74) is 2.05. The lowest BCUT2D eigenvalue weighted by Crippen LogP contribution is -1.98. The van der Waals surface area contributed by atoms with Crippen LogP contribution in [-0.2, 0) is 0 Å². The van der Waals surface area contributed by atoms with Crippen molar-refractivity contribution in [2.75, 3.05) is 7.11 Å². The van der Waals surface area contributed by atoms with Gasteiger partial charge in [-0.25, -0.2) is 9.07 Å². The molecule has 0 aliphatic heterocycles. The normalized spacial score (nSPS) is 10.5. The third-order valence-corrected chi connectivity index (χ3v) is 3.07. The first-order chi connectivity index (χ1) is 9.79. The number of para-hydroxylation sites is 2. The number of ether oxygens (including phenoxy) is 1. The second-order valence-electron chi connectivity index (χ2n) is 4.30. The standard InChI is InChI=1S/C16H13FN2O/c1-20-16-9-5-2-6-12(16)14-10-11-19(18-14)15-8-4-3-7-13(15)17/h2-11H,1H3. The molecule has 0 saturated heterocycles. The molecule has 0 amide bonds. The Kier molecular flexibility index (Phi) is 3.21. The summed E-state index contributed by atoms with van der Waals surface area (Å²) in [4.78, 5) is 0. The van der Waals surface area contributed by atoms with Gasteiger partial charge in [0.15, 0.2) is 0 Å². The van der Waals surface area contributed by atoms with Crippen molar-refractivity contribution in [2.24, 2.45) is 0 Å². The SMILES string of the molecule is COc1ccccc1-c1ccn(-c2ccccc2F)n1. The minimum absolute atomic E-state index is 0.304. The highest BCUT2D eigenvalue weighted by Crippen LogP contribution is 2.28. The van der Waals surface area contributed by atoms with Crippen LogP contribution >= 0.6 is 0 Å². The number of halogens is 1. The second kappa shape index (κ2) is 5.17. The summed E-state index contributed by atoms with van der Waals surface area (Å²) in [6, 6.07) is 16.0. The number of hydrogen-bond donors (Lipinski definition) is 0. The summed E-state index contributed by atoms with van der Waals surface area (Å²) >= 11 is 0. The van der Waals surface area contributed by atoms with Gasteiger partial charge in [0.2, 0.25) is 0 Å². The molecule has 1 heterocycles. The van der Waals surface area contributed by atoms with Crippen LogP contribution in [0.25, 0.3) is 16.9 Å². The molecule has 4 heteroatoms. The third kappa shape index (κ3) is 2.16. The quantitative estimate of drug-likeness (QED) is 0.724. The van der Waals surface area contributed by atoms with E-state index in [0.717, 1.165) is 17.0 Å². The Bertz CT molecular complexity index is 737. The number of methoxy groups -OCH3 is 1. The molecule has 0 saturated carbocycles. The van der Waals surface area contributed by atoms with Crippen molar-refractivity contribution >= 4 is 0 Å². The minimum atomic E-state index is -0.304. The van der Waals surface area contributed by atoms with Crippen LogP contribution in [0.3, 0.4) is 0 Å². The fourth-order valence-electron chi connectivity index (χ4n) is 2.10. The van der Waals surface area contributed by atoms with E-state index in [-0.39, 0.29) is 5.82 Å². The Hall–Kier alpha value is -2.62. The van der Waals surface area contributed by atoms with Crippen molar-refractivity contribution in [1.29, 1.82) is 0 Å². The summed E-state index contributed by atoms with van der Waals surface area (Å²) in [5, 5.41) is 4.42. The number of nitrogens with zero attached hydrogens (tertiary/aromatic N) is 2. The first-order valence-corrected chi connectivity index (χ1v) is 6.23. The molecular weight excluding hydrogens is 255 g/mol. The topological polar surface area (TPSA) is 27.1 Å². The molecule has 3 rings (SSSR count). The van der Waals surface area contributed by atoms with Gasteiger partial charge in [0.05, 0.1) is 12.8 Å². The van der Waals surface area contributed by atoms with Crippen LogP contribution < -0.4 is 4.74 Å². The van der Waals surface area contributed by atoms with Gasteiger partial charge in [-0.3, -0.25) is 0 Å². The zero-order valence-corrected chi connectivity index (χ0v) is 11.0. The molecular formula is C16H13FN2O. The lowest BCUT2D eigenvalue weighted by atomic mass is 10.1. The average Bonchev–Trinajstić information content (AvgIpc) is 2.97. The van der Waals surface area contributed by atoms with Crippen molar-refractivity contribution in [3.05, 3.63) is 66.6 Å². The summed E-state index contributed by atoms with van der Waals surface area (Å²) in [7, 11) is 1.62. The maximum absolute atomic E-state index is 13.7. The second-order valence-corrected chi connectivity index (χ2v) is 4.30. The van der Waals surface area contributed by atoms with Gasteiger partial charge in [0.25, 0.3) is 0 Å². The van der Waals surface area contributed by atoms with E-state index >= 15 is 0 Å². The van der Waals surface area contributed by atoms with Crippen LogP contribution in [-0.4, -0.2) is 16.9 Å². The first-order valence-electron chi connectivity index (χ1n) is 6.23. The Labute approximate surface area is 116 Å². The van der Waals surface area contributed by atoms with E-state index in [0.29, 0.717) is 5.69 Å². The zero-order chi connectivity index (χ0) is 13.9. The van der Waals surface area contributed by atoms with Gasteiger partial charge >= 0.3 is 0 Å². The molecule has 2 aromatic carbocycles. The molecule has 20 heavy (non-hydrogen) atoms. The summed E-state index contributed by atoms with van der Waals surface area (Å²) in [6.45, 7) is 0. The highest BCUT2D eigenvalue weighted by molar-refractivity contribution is 5.66. The Morgan fingerprint density at radius 1 is 1.00 bits per heavy atom. The largest absolute Gasteiger partial charge is 0.496 e. The van der Waals surface area contributed by atoms with E-state index < -0.39 is 0 Å². The molecule has 0 unspecified atom stereocenters. The van der Waals surface area contributed by atoms with Crippen molar-refractivity contribution in [3.63, 3.8) is 0 Å². The van der Waals surface area contributed by atoms with Gasteiger partial charge in [-0.1, -0.05) is 24.3 Å². The van der Waals surface area contributed by atoms with E-state index in [2.05, 4.69) is 5.10 Å². The first kappa shape index (κ1) is 12.4. The zero-order valence-electron chi connectivity index (χ0n) is 11.0. The lowest BCUT2D eigenvalue weighted by Gasteiger charge is -2.05. The maximum Gasteiger partial charge on any atom is 0.148 e. The fourth-order valence-corrected chi connectivity index (χ4v) is 2.10. The highest BCUT2D eigenvalue weighted by Gasteiger charge is 2.10. The predicted molar refractivity (Wildman–Crippen MR) is 75.5 cm³/mol. The molecule has 0 bridgehead atoms. The molecule has 0 radical (unpaired) electrons. The molecule has 0 aliphatic rings. The molecule has 1 aromatic heterocycles. The Morgan fingerprint density at radius 2 is 1.75 bits per heavy atom. The van der Waals surface area contributed by atoms with Gasteiger partial charge in [-0.15, -0.1) is 0 Å². The van der Waals surface area contributed by atoms with Gasteiger partial charge in [-0.2, -0.15) is 5.10 Å². The predicted octanol–water partition coefficient (Wildman–Crippen LogP) is 3.69. The van der Waals surface area contributed by atoms with Gasteiger partial charge in [0, 0.05) is 11.8 Å². The minimum Gasteiger partial charge on any atom is -0.496 e. The van der Waals surface area contributed by atoms with Gasteiger partial charge < -0.3 is 4.74 Å². The molecule has 3 nitrogen and oxygen atoms in total. The number of aromatic nitrogens is 2. The van der Waals surface area contributed by atoms with E-state index in [1.807, 2.05) is 30.3 Å². The Morgan fingerprint density at radius 3 is 2.55 bits per heavy atom. The van der Waals surface area contributed by atoms with Crippen molar-refractivity contribution in [1.82, 2.24) is 9.78 Å². The molecule has 0 atom stereocenters. The fraction of sp³-hybridized carbons (Fsp3) is 0.0625.